The molecule has 0 saturated carbocycles. The molecule has 0 nitrogen and oxygen atoms in total. The Labute approximate surface area is 128 Å². The molecule has 2 rings (SSSR count). The molecule has 2 aromatic rings. The fourth-order valence-corrected chi connectivity index (χ4v) is 0.642. The van der Waals surface area contributed by atoms with Crippen LogP contribution in [0.15, 0.2) is 60.7 Å². The van der Waals surface area contributed by atoms with Crippen LogP contribution in [0.2, 0.25) is 0 Å². The average Bonchev–Trinajstić information content (AvgIpc) is 2.96. The molecule has 18 heavy (non-hydrogen) atoms. The molecule has 0 N–H and O–H groups in total. The van der Waals surface area contributed by atoms with Gasteiger partial charge in [0.15, 0.2) is 0 Å². The van der Waals surface area contributed by atoms with Crippen molar-refractivity contribution in [1.82, 2.24) is 0 Å². The normalized spacial score (nSPS) is 9.44. The summed E-state index contributed by atoms with van der Waals surface area (Å²) in [5, 5.41) is 0. The largest absolute Gasteiger partial charge is 4.00 e. The van der Waals surface area contributed by atoms with E-state index in [0.29, 0.717) is 5.92 Å². The van der Waals surface area contributed by atoms with Crippen LogP contribution in [-0.2, 0) is 21.7 Å². The van der Waals surface area contributed by atoms with Gasteiger partial charge >= 0.3 is 21.7 Å². The van der Waals surface area contributed by atoms with Crippen molar-refractivity contribution in [1.29, 1.82) is 0 Å². The van der Waals surface area contributed by atoms with E-state index in [1.54, 1.807) is 0 Å². The fraction of sp³-hybridized carbons (Fsp3) is 0.294. The molecule has 0 aliphatic carbocycles. The fourth-order valence-electron chi connectivity index (χ4n) is 0.642. The summed E-state index contributed by atoms with van der Waals surface area (Å²) in [6, 6.07) is 20.0. The van der Waals surface area contributed by atoms with Crippen LogP contribution < -0.4 is 0 Å². The molecule has 1 heteroatoms. The summed E-state index contributed by atoms with van der Waals surface area (Å²) in [7, 11) is 0. The molecule has 0 saturated heterocycles. The molecule has 0 aliphatic rings. The second kappa shape index (κ2) is 11.5. The van der Waals surface area contributed by atoms with E-state index in [9.17, 15) is 0 Å². The van der Waals surface area contributed by atoms with Crippen LogP contribution in [0.4, 0.5) is 0 Å². The predicted octanol–water partition coefficient (Wildman–Crippen LogP) is 5.13. The summed E-state index contributed by atoms with van der Waals surface area (Å²) >= 11 is 0. The van der Waals surface area contributed by atoms with E-state index >= 15 is 0 Å². The van der Waals surface area contributed by atoms with Crippen molar-refractivity contribution in [2.75, 3.05) is 0 Å². The van der Waals surface area contributed by atoms with Gasteiger partial charge in [0.25, 0.3) is 0 Å². The summed E-state index contributed by atoms with van der Waals surface area (Å²) in [4.78, 5) is 0. The van der Waals surface area contributed by atoms with Crippen LogP contribution in [0.1, 0.15) is 20.8 Å². The Hall–Kier alpha value is -0.586. The quantitative estimate of drug-likeness (QED) is 0.462. The van der Waals surface area contributed by atoms with Gasteiger partial charge in [-0.3, -0.25) is 5.92 Å². The summed E-state index contributed by atoms with van der Waals surface area (Å²) in [6.07, 6.45) is 0. The van der Waals surface area contributed by atoms with Gasteiger partial charge in [0.1, 0.15) is 0 Å². The van der Waals surface area contributed by atoms with Gasteiger partial charge in [0, 0.05) is 0 Å². The predicted molar refractivity (Wildman–Crippen MR) is 77.7 cm³/mol. The Kier molecular flexibility index (Phi) is 12.6. The maximum Gasteiger partial charge on any atom is 4.00 e. The molecule has 0 amide bonds. The Balaban J connectivity index is 0. The van der Waals surface area contributed by atoms with Crippen LogP contribution in [0, 0.1) is 25.2 Å². The van der Waals surface area contributed by atoms with Crippen molar-refractivity contribution in [3.63, 3.8) is 0 Å². The van der Waals surface area contributed by atoms with Crippen molar-refractivity contribution in [3.8, 4) is 0 Å². The number of hydrogen-bond donors (Lipinski definition) is 0. The van der Waals surface area contributed by atoms with Crippen LogP contribution in [0.25, 0.3) is 0 Å². The first-order valence-corrected chi connectivity index (χ1v) is 5.94. The topological polar surface area (TPSA) is 0 Å². The van der Waals surface area contributed by atoms with Gasteiger partial charge < -0.3 is 13.8 Å². The van der Waals surface area contributed by atoms with Gasteiger partial charge in [-0.25, -0.2) is 24.3 Å². The monoisotopic (exact) mass is 276 g/mol. The van der Waals surface area contributed by atoms with Crippen molar-refractivity contribution in [2.24, 2.45) is 11.3 Å². The SMILES string of the molecule is [CH2-]C([CH2-])C(C)(C)C.[Ti+4].c1cc[cH-]c1.c1cc[cH-]c1. The third kappa shape index (κ3) is 13.5. The average molecular weight is 276 g/mol. The summed E-state index contributed by atoms with van der Waals surface area (Å²) < 4.78 is 0. The molecule has 0 bridgehead atoms. The maximum atomic E-state index is 3.80. The van der Waals surface area contributed by atoms with E-state index in [1.165, 1.54) is 0 Å². The molecule has 2 aromatic carbocycles. The molecule has 0 atom stereocenters. The van der Waals surface area contributed by atoms with Gasteiger partial charge in [-0.1, -0.05) is 26.2 Å². The second-order valence-electron chi connectivity index (χ2n) is 4.99. The zero-order valence-corrected chi connectivity index (χ0v) is 13.3. The van der Waals surface area contributed by atoms with Crippen LogP contribution >= 0.6 is 0 Å². The van der Waals surface area contributed by atoms with Crippen molar-refractivity contribution < 1.29 is 21.7 Å². The van der Waals surface area contributed by atoms with E-state index in [4.69, 9.17) is 0 Å². The second-order valence-corrected chi connectivity index (χ2v) is 4.99. The standard InChI is InChI=1S/C7H14.2C5H5.Ti/c1-6(2)7(3,4)5;2*1-2-4-5-3-1;/h6H,1-2H2,3-5H3;2*1-5H;/q-2;2*-1;+4. The molecule has 0 fully saturated rings. The van der Waals surface area contributed by atoms with E-state index in [0.717, 1.165) is 0 Å². The number of rotatable bonds is 0. The molecular weight excluding hydrogens is 252 g/mol. The zero-order valence-electron chi connectivity index (χ0n) is 11.8. The van der Waals surface area contributed by atoms with Crippen LogP contribution in [0.3, 0.4) is 0 Å². The molecule has 0 aromatic heterocycles. The first-order valence-electron chi connectivity index (χ1n) is 5.94. The Morgan fingerprint density at radius 2 is 1.00 bits per heavy atom. The summed E-state index contributed by atoms with van der Waals surface area (Å²) in [5.41, 5.74) is 0.278. The Bertz CT molecular complexity index is 248. The van der Waals surface area contributed by atoms with Crippen LogP contribution in [0.5, 0.6) is 0 Å². The van der Waals surface area contributed by atoms with Crippen LogP contribution in [-0.4, -0.2) is 0 Å². The van der Waals surface area contributed by atoms with Gasteiger partial charge in [-0.15, -0.1) is 0 Å². The maximum absolute atomic E-state index is 3.80. The molecule has 96 valence electrons. The van der Waals surface area contributed by atoms with Gasteiger partial charge in [0.05, 0.1) is 0 Å². The third-order valence-electron chi connectivity index (χ3n) is 2.34. The minimum atomic E-state index is 0. The van der Waals surface area contributed by atoms with Gasteiger partial charge in [-0.2, -0.15) is 36.4 Å². The zero-order chi connectivity index (χ0) is 13.1. The Morgan fingerprint density at radius 1 is 0.778 bits per heavy atom. The van der Waals surface area contributed by atoms with E-state index in [1.807, 2.05) is 60.7 Å². The molecular formula is C17H24Ti. The first-order chi connectivity index (χ1) is 7.94. The minimum Gasteiger partial charge on any atom is -0.369 e. The smallest absolute Gasteiger partial charge is 0.369 e. The number of hydrogen-bond acceptors (Lipinski definition) is 0. The summed E-state index contributed by atoms with van der Waals surface area (Å²) in [6.45, 7) is 14.0. The molecule has 0 unspecified atom stereocenters. The molecule has 0 heterocycles. The van der Waals surface area contributed by atoms with E-state index in [-0.39, 0.29) is 27.1 Å². The van der Waals surface area contributed by atoms with Crippen molar-refractivity contribution in [3.05, 3.63) is 74.5 Å². The van der Waals surface area contributed by atoms with Crippen molar-refractivity contribution in [2.45, 2.75) is 20.8 Å². The van der Waals surface area contributed by atoms with E-state index < -0.39 is 0 Å². The Morgan fingerprint density at radius 3 is 1.06 bits per heavy atom. The van der Waals surface area contributed by atoms with Crippen molar-refractivity contribution >= 4 is 0 Å². The molecule has 0 spiro atoms. The first kappa shape index (κ1) is 19.7. The molecule has 0 radical (unpaired) electrons. The minimum absolute atomic E-state index is 0. The van der Waals surface area contributed by atoms with E-state index in [2.05, 4.69) is 34.6 Å². The van der Waals surface area contributed by atoms with Gasteiger partial charge in [-0.05, 0) is 0 Å². The molecule has 0 aliphatic heterocycles. The van der Waals surface area contributed by atoms with Gasteiger partial charge in [0.2, 0.25) is 0 Å². The third-order valence-corrected chi connectivity index (χ3v) is 2.34. The summed E-state index contributed by atoms with van der Waals surface area (Å²) in [5.74, 6) is 0.299.